The van der Waals surface area contributed by atoms with Crippen LogP contribution in [-0.2, 0) is 18.9 Å². The van der Waals surface area contributed by atoms with Gasteiger partial charge in [-0.2, -0.15) is 0 Å². The van der Waals surface area contributed by atoms with E-state index in [1.54, 1.807) is 0 Å². The molecule has 1 aliphatic rings. The van der Waals surface area contributed by atoms with Gasteiger partial charge in [0.1, 0.15) is 13.2 Å². The van der Waals surface area contributed by atoms with Crippen LogP contribution in [0.4, 0.5) is 0 Å². The largest absolute Gasteiger partial charge is 0.487 e. The van der Waals surface area contributed by atoms with Crippen LogP contribution in [0.5, 0.6) is 11.5 Å². The van der Waals surface area contributed by atoms with Crippen LogP contribution in [0.2, 0.25) is 0 Å². The van der Waals surface area contributed by atoms with Crippen molar-refractivity contribution in [3.63, 3.8) is 0 Å². The maximum absolute atomic E-state index is 5.68. The summed E-state index contributed by atoms with van der Waals surface area (Å²) < 4.78 is 33.0. The molecule has 1 aromatic rings. The Labute approximate surface area is 131 Å². The Balaban J connectivity index is 1.79. The van der Waals surface area contributed by atoms with E-state index in [1.165, 1.54) is 0 Å². The molecular formula is C16H24O6. The van der Waals surface area contributed by atoms with E-state index in [2.05, 4.69) is 0 Å². The summed E-state index contributed by atoms with van der Waals surface area (Å²) in [6.07, 6.45) is 0. The SMILES string of the molecule is c1ccc2c(c1)OCCOCCOCCOCCOCCO2. The van der Waals surface area contributed by atoms with E-state index in [-0.39, 0.29) is 0 Å². The maximum Gasteiger partial charge on any atom is 0.161 e. The molecule has 6 heteroatoms. The number of hydrogen-bond donors (Lipinski definition) is 0. The zero-order valence-electron chi connectivity index (χ0n) is 12.8. The van der Waals surface area contributed by atoms with Crippen molar-refractivity contribution in [1.29, 1.82) is 0 Å². The third kappa shape index (κ3) is 7.09. The lowest BCUT2D eigenvalue weighted by Gasteiger charge is -2.13. The Morgan fingerprint density at radius 2 is 0.773 bits per heavy atom. The Morgan fingerprint density at radius 1 is 0.455 bits per heavy atom. The summed E-state index contributed by atoms with van der Waals surface area (Å²) in [6.45, 7) is 5.30. The Kier molecular flexibility index (Phi) is 8.71. The Morgan fingerprint density at radius 3 is 1.14 bits per heavy atom. The molecule has 0 saturated carbocycles. The van der Waals surface area contributed by atoms with Crippen molar-refractivity contribution in [3.05, 3.63) is 24.3 Å². The summed E-state index contributed by atoms with van der Waals surface area (Å²) in [5.41, 5.74) is 0. The number of fused-ring (bicyclic) bond motifs is 1. The highest BCUT2D eigenvalue weighted by Crippen LogP contribution is 2.26. The fourth-order valence-corrected chi connectivity index (χ4v) is 1.87. The van der Waals surface area contributed by atoms with Gasteiger partial charge in [-0.25, -0.2) is 0 Å². The summed E-state index contributed by atoms with van der Waals surface area (Å²) >= 11 is 0. The van der Waals surface area contributed by atoms with Crippen molar-refractivity contribution in [2.24, 2.45) is 0 Å². The van der Waals surface area contributed by atoms with Crippen molar-refractivity contribution in [2.75, 3.05) is 66.1 Å². The zero-order valence-corrected chi connectivity index (χ0v) is 12.8. The van der Waals surface area contributed by atoms with Gasteiger partial charge in [-0.1, -0.05) is 12.1 Å². The van der Waals surface area contributed by atoms with Crippen LogP contribution >= 0.6 is 0 Å². The fourth-order valence-electron chi connectivity index (χ4n) is 1.87. The van der Waals surface area contributed by atoms with Crippen molar-refractivity contribution < 1.29 is 28.4 Å². The lowest BCUT2D eigenvalue weighted by Crippen LogP contribution is -2.15. The quantitative estimate of drug-likeness (QED) is 0.724. The first-order valence-corrected chi connectivity index (χ1v) is 7.62. The van der Waals surface area contributed by atoms with E-state index < -0.39 is 0 Å². The van der Waals surface area contributed by atoms with Gasteiger partial charge in [0.25, 0.3) is 0 Å². The van der Waals surface area contributed by atoms with Gasteiger partial charge in [-0.05, 0) is 12.1 Å². The average molecular weight is 312 g/mol. The maximum atomic E-state index is 5.68. The van der Waals surface area contributed by atoms with Crippen LogP contribution in [0.3, 0.4) is 0 Å². The molecule has 0 aromatic heterocycles. The molecule has 0 amide bonds. The highest BCUT2D eigenvalue weighted by molar-refractivity contribution is 5.39. The highest BCUT2D eigenvalue weighted by atomic mass is 16.6. The van der Waals surface area contributed by atoms with Crippen LogP contribution < -0.4 is 9.47 Å². The summed E-state index contributed by atoms with van der Waals surface area (Å²) in [6, 6.07) is 7.59. The third-order valence-corrected chi connectivity index (χ3v) is 2.94. The van der Waals surface area contributed by atoms with Gasteiger partial charge < -0.3 is 28.4 Å². The normalized spacial score (nSPS) is 19.8. The molecule has 0 fully saturated rings. The van der Waals surface area contributed by atoms with Gasteiger partial charge in [0, 0.05) is 0 Å². The summed E-state index contributed by atoms with van der Waals surface area (Å²) in [5, 5.41) is 0. The minimum absolute atomic E-state index is 0.472. The van der Waals surface area contributed by atoms with Crippen LogP contribution in [0, 0.1) is 0 Å². The molecule has 0 atom stereocenters. The average Bonchev–Trinajstić information content (AvgIpc) is 2.55. The van der Waals surface area contributed by atoms with Crippen LogP contribution in [0.25, 0.3) is 0 Å². The second-order valence-corrected chi connectivity index (χ2v) is 4.59. The van der Waals surface area contributed by atoms with E-state index in [0.29, 0.717) is 77.6 Å². The smallest absolute Gasteiger partial charge is 0.161 e. The molecule has 0 spiro atoms. The van der Waals surface area contributed by atoms with Crippen LogP contribution in [-0.4, -0.2) is 66.1 Å². The molecule has 0 unspecified atom stereocenters. The number of para-hydroxylation sites is 2. The monoisotopic (exact) mass is 312 g/mol. The first kappa shape index (κ1) is 17.0. The van der Waals surface area contributed by atoms with Gasteiger partial charge in [0.2, 0.25) is 0 Å². The fraction of sp³-hybridized carbons (Fsp3) is 0.625. The lowest BCUT2D eigenvalue weighted by atomic mass is 10.3. The van der Waals surface area contributed by atoms with Crippen molar-refractivity contribution in [2.45, 2.75) is 0 Å². The standard InChI is InChI=1S/C16H24O6/c1-2-4-16-15(3-1)21-13-11-19-9-7-17-5-6-18-8-10-20-12-14-22-16/h1-4H,5-14H2. The van der Waals surface area contributed by atoms with E-state index in [0.717, 1.165) is 0 Å². The number of ether oxygens (including phenoxy) is 6. The Bertz CT molecular complexity index is 361. The van der Waals surface area contributed by atoms with Gasteiger partial charge in [0.05, 0.1) is 52.9 Å². The molecule has 1 aromatic carbocycles. The topological polar surface area (TPSA) is 55.4 Å². The van der Waals surface area contributed by atoms with Gasteiger partial charge >= 0.3 is 0 Å². The first-order chi connectivity index (χ1) is 11.0. The predicted octanol–water partition coefficient (Wildman–Crippen LogP) is 1.52. The second kappa shape index (κ2) is 11.3. The molecule has 1 heterocycles. The molecule has 2 rings (SSSR count). The highest BCUT2D eigenvalue weighted by Gasteiger charge is 2.04. The number of hydrogen-bond acceptors (Lipinski definition) is 6. The predicted molar refractivity (Wildman–Crippen MR) is 80.7 cm³/mol. The van der Waals surface area contributed by atoms with Gasteiger partial charge in [0.15, 0.2) is 11.5 Å². The zero-order chi connectivity index (χ0) is 15.3. The minimum atomic E-state index is 0.472. The van der Waals surface area contributed by atoms with Crippen LogP contribution in [0.1, 0.15) is 0 Å². The Hall–Kier alpha value is -1.34. The molecule has 124 valence electrons. The summed E-state index contributed by atoms with van der Waals surface area (Å²) in [5.74, 6) is 1.43. The number of benzene rings is 1. The van der Waals surface area contributed by atoms with E-state index >= 15 is 0 Å². The molecular weight excluding hydrogens is 288 g/mol. The van der Waals surface area contributed by atoms with E-state index in [4.69, 9.17) is 28.4 Å². The second-order valence-electron chi connectivity index (χ2n) is 4.59. The molecule has 0 aliphatic carbocycles. The van der Waals surface area contributed by atoms with Crippen molar-refractivity contribution >= 4 is 0 Å². The molecule has 0 saturated heterocycles. The van der Waals surface area contributed by atoms with Gasteiger partial charge in [-0.15, -0.1) is 0 Å². The summed E-state index contributed by atoms with van der Waals surface area (Å²) in [4.78, 5) is 0. The van der Waals surface area contributed by atoms with Gasteiger partial charge in [-0.3, -0.25) is 0 Å². The van der Waals surface area contributed by atoms with E-state index in [9.17, 15) is 0 Å². The molecule has 22 heavy (non-hydrogen) atoms. The molecule has 6 nitrogen and oxygen atoms in total. The van der Waals surface area contributed by atoms with Crippen LogP contribution in [0.15, 0.2) is 24.3 Å². The molecule has 1 aliphatic heterocycles. The van der Waals surface area contributed by atoms with Crippen molar-refractivity contribution in [1.82, 2.24) is 0 Å². The first-order valence-electron chi connectivity index (χ1n) is 7.62. The summed E-state index contributed by atoms with van der Waals surface area (Å²) in [7, 11) is 0. The number of rotatable bonds is 0. The molecule has 0 bridgehead atoms. The lowest BCUT2D eigenvalue weighted by molar-refractivity contribution is -0.00841. The van der Waals surface area contributed by atoms with E-state index in [1.807, 2.05) is 24.3 Å². The van der Waals surface area contributed by atoms with Crippen molar-refractivity contribution in [3.8, 4) is 11.5 Å². The third-order valence-electron chi connectivity index (χ3n) is 2.94. The minimum Gasteiger partial charge on any atom is -0.487 e. The molecule has 0 radical (unpaired) electrons. The molecule has 0 N–H and O–H groups in total.